The Morgan fingerprint density at radius 3 is 2.75 bits per heavy atom. The number of nitrogens with zero attached hydrogens (tertiary/aromatic N) is 1. The summed E-state index contributed by atoms with van der Waals surface area (Å²) in [5, 5.41) is 12.1. The first kappa shape index (κ1) is 16.6. The number of aliphatic hydroxyl groups excluding tert-OH is 1. The average Bonchev–Trinajstić information content (AvgIpc) is 3.05. The number of likely N-dealkylation sites (tertiary alicyclic amines) is 1. The second kappa shape index (κ2) is 7.55. The van der Waals surface area contributed by atoms with E-state index < -0.39 is 0 Å². The number of hydrogen-bond acceptors (Lipinski definition) is 3. The topological polar surface area (TPSA) is 52.6 Å². The van der Waals surface area contributed by atoms with Gasteiger partial charge >= 0.3 is 0 Å². The van der Waals surface area contributed by atoms with Gasteiger partial charge in [-0.05, 0) is 54.8 Å². The molecule has 1 fully saturated rings. The van der Waals surface area contributed by atoms with Crippen LogP contribution in [0.2, 0.25) is 0 Å². The van der Waals surface area contributed by atoms with Gasteiger partial charge in [0, 0.05) is 12.2 Å². The number of carbonyl (C=O) groups is 1. The van der Waals surface area contributed by atoms with Crippen LogP contribution in [0.4, 0.5) is 10.1 Å². The van der Waals surface area contributed by atoms with Crippen LogP contribution < -0.4 is 5.32 Å². The molecule has 0 bridgehead atoms. The fraction of sp³-hybridized carbons (Fsp3) is 0.316. The molecule has 0 spiro atoms. The first-order chi connectivity index (χ1) is 11.7. The van der Waals surface area contributed by atoms with Gasteiger partial charge < -0.3 is 10.4 Å². The maximum absolute atomic E-state index is 13.0. The molecule has 5 heteroatoms. The van der Waals surface area contributed by atoms with E-state index in [0.29, 0.717) is 12.2 Å². The highest BCUT2D eigenvalue weighted by atomic mass is 19.1. The molecule has 0 saturated carbocycles. The first-order valence-electron chi connectivity index (χ1n) is 8.15. The number of anilines is 1. The summed E-state index contributed by atoms with van der Waals surface area (Å²) >= 11 is 0. The Morgan fingerprint density at radius 2 is 2.00 bits per heavy atom. The fourth-order valence-corrected chi connectivity index (χ4v) is 3.11. The third kappa shape index (κ3) is 3.99. The molecule has 1 unspecified atom stereocenters. The first-order valence-corrected chi connectivity index (χ1v) is 8.15. The lowest BCUT2D eigenvalue weighted by atomic mass is 10.1. The van der Waals surface area contributed by atoms with Crippen LogP contribution in [0, 0.1) is 5.82 Å². The van der Waals surface area contributed by atoms with Crippen LogP contribution in [0.15, 0.2) is 48.5 Å². The van der Waals surface area contributed by atoms with Crippen molar-refractivity contribution in [1.29, 1.82) is 0 Å². The summed E-state index contributed by atoms with van der Waals surface area (Å²) < 4.78 is 13.0. The third-order valence-corrected chi connectivity index (χ3v) is 4.34. The molecule has 0 radical (unpaired) electrons. The van der Waals surface area contributed by atoms with E-state index in [1.807, 2.05) is 18.2 Å². The molecule has 2 aromatic carbocycles. The van der Waals surface area contributed by atoms with Crippen LogP contribution in [-0.4, -0.2) is 28.5 Å². The van der Waals surface area contributed by atoms with E-state index >= 15 is 0 Å². The largest absolute Gasteiger partial charge is 0.392 e. The Hall–Kier alpha value is -2.24. The summed E-state index contributed by atoms with van der Waals surface area (Å²) in [6, 6.07) is 13.4. The lowest BCUT2D eigenvalue weighted by molar-refractivity contribution is -0.120. The second-order valence-electron chi connectivity index (χ2n) is 6.10. The van der Waals surface area contributed by atoms with E-state index in [4.69, 9.17) is 0 Å². The summed E-state index contributed by atoms with van der Waals surface area (Å²) in [7, 11) is 0. The van der Waals surface area contributed by atoms with Gasteiger partial charge in [0.1, 0.15) is 5.82 Å². The Morgan fingerprint density at radius 1 is 1.21 bits per heavy atom. The number of aliphatic hydroxyl groups is 1. The van der Waals surface area contributed by atoms with Crippen molar-refractivity contribution >= 4 is 11.6 Å². The Kier molecular flexibility index (Phi) is 5.23. The highest BCUT2D eigenvalue weighted by Gasteiger charge is 2.30. The molecule has 2 N–H and O–H groups in total. The molecule has 0 aliphatic carbocycles. The van der Waals surface area contributed by atoms with E-state index in [0.717, 1.165) is 30.5 Å². The number of nitrogens with one attached hydrogen (secondary N) is 1. The molecule has 1 atom stereocenters. The predicted octanol–water partition coefficient (Wildman–Crippen LogP) is 2.92. The summed E-state index contributed by atoms with van der Waals surface area (Å²) in [6.07, 6.45) is 1.78. The van der Waals surface area contributed by atoms with E-state index in [2.05, 4.69) is 10.2 Å². The SMILES string of the molecule is O=C(Nc1cccc(CO)c1)C1CCCN1Cc1ccc(F)cc1. The maximum atomic E-state index is 13.0. The van der Waals surface area contributed by atoms with Crippen molar-refractivity contribution in [3.05, 3.63) is 65.5 Å². The van der Waals surface area contributed by atoms with Gasteiger partial charge in [-0.25, -0.2) is 4.39 Å². The number of hydrogen-bond donors (Lipinski definition) is 2. The Balaban J connectivity index is 1.65. The molecular weight excluding hydrogens is 307 g/mol. The van der Waals surface area contributed by atoms with Crippen molar-refractivity contribution in [1.82, 2.24) is 4.90 Å². The minimum atomic E-state index is -0.252. The quantitative estimate of drug-likeness (QED) is 0.887. The number of benzene rings is 2. The Bertz CT molecular complexity index is 703. The minimum absolute atomic E-state index is 0.0373. The van der Waals surface area contributed by atoms with Crippen LogP contribution in [0.25, 0.3) is 0 Å². The Labute approximate surface area is 140 Å². The van der Waals surface area contributed by atoms with Crippen molar-refractivity contribution in [2.24, 2.45) is 0 Å². The van der Waals surface area contributed by atoms with Gasteiger partial charge in [0.15, 0.2) is 0 Å². The normalized spacial score (nSPS) is 17.8. The molecule has 2 aromatic rings. The van der Waals surface area contributed by atoms with E-state index in [1.165, 1.54) is 12.1 Å². The monoisotopic (exact) mass is 328 g/mol. The molecule has 1 aliphatic heterocycles. The summed E-state index contributed by atoms with van der Waals surface area (Å²) in [4.78, 5) is 14.7. The van der Waals surface area contributed by atoms with Crippen molar-refractivity contribution in [2.45, 2.75) is 32.0 Å². The molecule has 3 rings (SSSR count). The summed E-state index contributed by atoms with van der Waals surface area (Å²) in [6.45, 7) is 1.44. The summed E-state index contributed by atoms with van der Waals surface area (Å²) in [5.41, 5.74) is 2.46. The van der Waals surface area contributed by atoms with Gasteiger partial charge in [0.2, 0.25) is 5.91 Å². The van der Waals surface area contributed by atoms with E-state index in [1.54, 1.807) is 18.2 Å². The van der Waals surface area contributed by atoms with Crippen LogP contribution in [0.1, 0.15) is 24.0 Å². The highest BCUT2D eigenvalue weighted by Crippen LogP contribution is 2.22. The smallest absolute Gasteiger partial charge is 0.241 e. The fourth-order valence-electron chi connectivity index (χ4n) is 3.11. The van der Waals surface area contributed by atoms with Crippen molar-refractivity contribution in [3.63, 3.8) is 0 Å². The molecule has 126 valence electrons. The molecule has 1 aliphatic rings. The van der Waals surface area contributed by atoms with Gasteiger partial charge in [-0.3, -0.25) is 9.69 Å². The van der Waals surface area contributed by atoms with Crippen molar-refractivity contribution in [3.8, 4) is 0 Å². The molecule has 1 heterocycles. The van der Waals surface area contributed by atoms with Crippen molar-refractivity contribution < 1.29 is 14.3 Å². The molecule has 4 nitrogen and oxygen atoms in total. The molecule has 1 saturated heterocycles. The van der Waals surface area contributed by atoms with Crippen LogP contribution in [0.5, 0.6) is 0 Å². The van der Waals surface area contributed by atoms with Gasteiger partial charge in [-0.15, -0.1) is 0 Å². The summed E-state index contributed by atoms with van der Waals surface area (Å²) in [5.74, 6) is -0.289. The molecule has 1 amide bonds. The molecular formula is C19H21FN2O2. The van der Waals surface area contributed by atoms with Gasteiger partial charge in [0.05, 0.1) is 12.6 Å². The molecule has 0 aromatic heterocycles. The lowest BCUT2D eigenvalue weighted by Crippen LogP contribution is -2.39. The number of rotatable bonds is 5. The second-order valence-corrected chi connectivity index (χ2v) is 6.10. The number of amides is 1. The zero-order chi connectivity index (χ0) is 16.9. The van der Waals surface area contributed by atoms with Gasteiger partial charge in [-0.1, -0.05) is 24.3 Å². The van der Waals surface area contributed by atoms with E-state index in [-0.39, 0.29) is 24.4 Å². The van der Waals surface area contributed by atoms with Crippen LogP contribution >= 0.6 is 0 Å². The third-order valence-electron chi connectivity index (χ3n) is 4.34. The molecule has 24 heavy (non-hydrogen) atoms. The zero-order valence-electron chi connectivity index (χ0n) is 13.4. The van der Waals surface area contributed by atoms with Gasteiger partial charge in [0.25, 0.3) is 0 Å². The minimum Gasteiger partial charge on any atom is -0.392 e. The number of carbonyl (C=O) groups excluding carboxylic acids is 1. The number of halogens is 1. The maximum Gasteiger partial charge on any atom is 0.241 e. The van der Waals surface area contributed by atoms with E-state index in [9.17, 15) is 14.3 Å². The lowest BCUT2D eigenvalue weighted by Gasteiger charge is -2.23. The predicted molar refractivity (Wildman–Crippen MR) is 90.8 cm³/mol. The highest BCUT2D eigenvalue weighted by molar-refractivity contribution is 5.95. The van der Waals surface area contributed by atoms with Crippen LogP contribution in [-0.2, 0) is 17.9 Å². The average molecular weight is 328 g/mol. The van der Waals surface area contributed by atoms with Gasteiger partial charge in [-0.2, -0.15) is 0 Å². The zero-order valence-corrected chi connectivity index (χ0v) is 13.4. The standard InChI is InChI=1S/C19H21FN2O2/c20-16-8-6-14(7-9-16)12-22-10-2-5-18(22)19(24)21-17-4-1-3-15(11-17)13-23/h1,3-4,6-9,11,18,23H,2,5,10,12-13H2,(H,21,24). The van der Waals surface area contributed by atoms with Crippen molar-refractivity contribution in [2.75, 3.05) is 11.9 Å². The van der Waals surface area contributed by atoms with Crippen LogP contribution in [0.3, 0.4) is 0 Å².